The van der Waals surface area contributed by atoms with E-state index in [0.29, 0.717) is 16.5 Å². The number of carbonyl (C=O) groups excluding carboxylic acids is 1. The molecule has 3 rings (SSSR count). The normalized spacial score (nSPS) is 16.9. The number of amides is 1. The van der Waals surface area contributed by atoms with Crippen molar-refractivity contribution in [3.63, 3.8) is 0 Å². The van der Waals surface area contributed by atoms with Crippen LogP contribution in [0.2, 0.25) is 0 Å². The van der Waals surface area contributed by atoms with Crippen LogP contribution in [-0.4, -0.2) is 25.9 Å². The van der Waals surface area contributed by atoms with Gasteiger partial charge in [-0.1, -0.05) is 43.2 Å². The van der Waals surface area contributed by atoms with Crippen molar-refractivity contribution < 1.29 is 9.18 Å². The lowest BCUT2D eigenvalue weighted by molar-refractivity contribution is -0.117. The topological polar surface area (TPSA) is 73.8 Å². The molecule has 1 aromatic carbocycles. The molecule has 1 unspecified atom stereocenters. The molecule has 0 bridgehead atoms. The first-order chi connectivity index (χ1) is 11.6. The number of rotatable bonds is 5. The number of aromatic nitrogens is 3. The van der Waals surface area contributed by atoms with Crippen molar-refractivity contribution in [3.05, 3.63) is 30.1 Å². The van der Waals surface area contributed by atoms with E-state index in [0.717, 1.165) is 25.7 Å². The van der Waals surface area contributed by atoms with Crippen LogP contribution >= 0.6 is 11.8 Å². The lowest BCUT2D eigenvalue weighted by atomic mass is 9.95. The second kappa shape index (κ2) is 7.34. The Morgan fingerprint density at radius 1 is 1.29 bits per heavy atom. The highest BCUT2D eigenvalue weighted by Crippen LogP contribution is 2.37. The van der Waals surface area contributed by atoms with Gasteiger partial charge in [-0.2, -0.15) is 0 Å². The number of halogens is 1. The summed E-state index contributed by atoms with van der Waals surface area (Å²) in [6, 6.07) is 6.81. The monoisotopic (exact) mass is 348 g/mol. The second-order valence-electron chi connectivity index (χ2n) is 6.11. The van der Waals surface area contributed by atoms with E-state index in [9.17, 15) is 9.18 Å². The summed E-state index contributed by atoms with van der Waals surface area (Å²) in [6.07, 6.45) is 5.51. The van der Waals surface area contributed by atoms with E-state index in [1.165, 1.54) is 24.2 Å². The van der Waals surface area contributed by atoms with Gasteiger partial charge in [0.2, 0.25) is 5.91 Å². The van der Waals surface area contributed by atoms with Gasteiger partial charge in [-0.15, -0.1) is 10.2 Å². The molecular weight excluding hydrogens is 327 g/mol. The van der Waals surface area contributed by atoms with Gasteiger partial charge in [-0.05, 0) is 31.9 Å². The average Bonchev–Trinajstić information content (AvgIpc) is 2.99. The quantitative estimate of drug-likeness (QED) is 0.839. The van der Waals surface area contributed by atoms with Crippen LogP contribution in [0.25, 0.3) is 11.4 Å². The summed E-state index contributed by atoms with van der Waals surface area (Å²) in [5.41, 5.74) is 5.82. The summed E-state index contributed by atoms with van der Waals surface area (Å²) < 4.78 is 16.3. The zero-order valence-electron chi connectivity index (χ0n) is 13.6. The molecule has 0 aliphatic heterocycles. The van der Waals surface area contributed by atoms with E-state index in [1.807, 2.05) is 4.57 Å². The number of carbonyl (C=O) groups is 1. The molecule has 2 N–H and O–H groups in total. The molecule has 1 aromatic heterocycles. The lowest BCUT2D eigenvalue weighted by Gasteiger charge is -2.26. The molecule has 1 heterocycles. The van der Waals surface area contributed by atoms with Gasteiger partial charge < -0.3 is 5.73 Å². The molecule has 7 heteroatoms. The Labute approximate surface area is 144 Å². The largest absolute Gasteiger partial charge is 0.369 e. The highest BCUT2D eigenvalue weighted by Gasteiger charge is 2.26. The van der Waals surface area contributed by atoms with Gasteiger partial charge in [0.15, 0.2) is 11.0 Å². The van der Waals surface area contributed by atoms with Gasteiger partial charge >= 0.3 is 0 Å². The molecule has 5 nitrogen and oxygen atoms in total. The maximum atomic E-state index is 14.3. The molecule has 1 aliphatic carbocycles. The van der Waals surface area contributed by atoms with E-state index in [4.69, 9.17) is 5.73 Å². The van der Waals surface area contributed by atoms with Crippen molar-refractivity contribution in [3.8, 4) is 11.4 Å². The average molecular weight is 348 g/mol. The second-order valence-corrected chi connectivity index (χ2v) is 7.42. The van der Waals surface area contributed by atoms with Crippen molar-refractivity contribution in [2.75, 3.05) is 0 Å². The number of hydrogen-bond acceptors (Lipinski definition) is 4. The third-order valence-corrected chi connectivity index (χ3v) is 5.48. The number of primary amides is 1. The van der Waals surface area contributed by atoms with Gasteiger partial charge in [0.05, 0.1) is 10.8 Å². The third-order valence-electron chi connectivity index (χ3n) is 4.40. The van der Waals surface area contributed by atoms with E-state index >= 15 is 0 Å². The van der Waals surface area contributed by atoms with Crippen LogP contribution in [0.5, 0.6) is 0 Å². The molecule has 24 heavy (non-hydrogen) atoms. The van der Waals surface area contributed by atoms with Crippen molar-refractivity contribution >= 4 is 17.7 Å². The first-order valence-electron chi connectivity index (χ1n) is 8.23. The van der Waals surface area contributed by atoms with Gasteiger partial charge in [0, 0.05) is 6.04 Å². The summed E-state index contributed by atoms with van der Waals surface area (Å²) in [7, 11) is 0. The number of nitrogens with two attached hydrogens (primary N) is 1. The summed E-state index contributed by atoms with van der Waals surface area (Å²) in [4.78, 5) is 11.4. The molecule has 1 atom stereocenters. The summed E-state index contributed by atoms with van der Waals surface area (Å²) >= 11 is 1.29. The molecule has 1 amide bonds. The van der Waals surface area contributed by atoms with Gasteiger partial charge in [0.25, 0.3) is 0 Å². The highest BCUT2D eigenvalue weighted by atomic mass is 32.2. The number of hydrogen-bond donors (Lipinski definition) is 1. The third kappa shape index (κ3) is 3.45. The Morgan fingerprint density at radius 2 is 2.00 bits per heavy atom. The molecular formula is C17H21FN4OS. The Kier molecular flexibility index (Phi) is 5.18. The van der Waals surface area contributed by atoms with Gasteiger partial charge in [-0.3, -0.25) is 9.36 Å². The van der Waals surface area contributed by atoms with Crippen molar-refractivity contribution in [1.82, 2.24) is 14.8 Å². The predicted octanol–water partition coefficient (Wildman–Crippen LogP) is 3.56. The maximum absolute atomic E-state index is 14.3. The first kappa shape index (κ1) is 17.0. The zero-order valence-corrected chi connectivity index (χ0v) is 14.4. The minimum Gasteiger partial charge on any atom is -0.369 e. The summed E-state index contributed by atoms with van der Waals surface area (Å²) in [5, 5.41) is 8.69. The summed E-state index contributed by atoms with van der Waals surface area (Å²) in [5.74, 6) is -0.189. The molecule has 1 aliphatic rings. The maximum Gasteiger partial charge on any atom is 0.230 e. The standard InChI is InChI=1S/C17H21FN4OS/c1-11(15(19)23)24-17-21-20-16(13-9-5-6-10-14(13)18)22(17)12-7-3-2-4-8-12/h5-6,9-12H,2-4,7-8H2,1H3,(H2,19,23). The number of nitrogens with zero attached hydrogens (tertiary/aromatic N) is 3. The first-order valence-corrected chi connectivity index (χ1v) is 9.11. The van der Waals surface area contributed by atoms with Crippen LogP contribution in [0.4, 0.5) is 4.39 Å². The molecule has 128 valence electrons. The number of thioether (sulfide) groups is 1. The van der Waals surface area contributed by atoms with E-state index in [-0.39, 0.29) is 11.9 Å². The highest BCUT2D eigenvalue weighted by molar-refractivity contribution is 8.00. The molecule has 1 saturated carbocycles. The molecule has 0 radical (unpaired) electrons. The number of benzene rings is 1. The van der Waals surface area contributed by atoms with Crippen molar-refractivity contribution in [1.29, 1.82) is 0 Å². The molecule has 2 aromatic rings. The van der Waals surface area contributed by atoms with E-state index in [2.05, 4.69) is 10.2 Å². The van der Waals surface area contributed by atoms with Crippen LogP contribution in [-0.2, 0) is 4.79 Å². The zero-order chi connectivity index (χ0) is 17.1. The fourth-order valence-electron chi connectivity index (χ4n) is 3.07. The molecule has 1 fully saturated rings. The lowest BCUT2D eigenvalue weighted by Crippen LogP contribution is -2.23. The fraction of sp³-hybridized carbons (Fsp3) is 0.471. The summed E-state index contributed by atoms with van der Waals surface area (Å²) in [6.45, 7) is 1.75. The minimum absolute atomic E-state index is 0.228. The minimum atomic E-state index is -0.412. The van der Waals surface area contributed by atoms with Gasteiger partial charge in [-0.25, -0.2) is 4.39 Å². The van der Waals surface area contributed by atoms with Crippen LogP contribution in [0.15, 0.2) is 29.4 Å². The Bertz CT molecular complexity index is 727. The van der Waals surface area contributed by atoms with E-state index < -0.39 is 11.2 Å². The van der Waals surface area contributed by atoms with Crippen molar-refractivity contribution in [2.45, 2.75) is 55.5 Å². The van der Waals surface area contributed by atoms with E-state index in [1.54, 1.807) is 25.1 Å². The molecule has 0 spiro atoms. The SMILES string of the molecule is CC(Sc1nnc(-c2ccccc2F)n1C1CCCCC1)C(N)=O. The predicted molar refractivity (Wildman–Crippen MR) is 92.1 cm³/mol. The smallest absolute Gasteiger partial charge is 0.230 e. The Morgan fingerprint density at radius 3 is 2.67 bits per heavy atom. The van der Waals surface area contributed by atoms with Crippen LogP contribution in [0.3, 0.4) is 0 Å². The fourth-order valence-corrected chi connectivity index (χ4v) is 3.94. The van der Waals surface area contributed by atoms with Gasteiger partial charge in [0.1, 0.15) is 5.82 Å². The van der Waals surface area contributed by atoms with Crippen molar-refractivity contribution in [2.24, 2.45) is 5.73 Å². The Hall–Kier alpha value is -1.89. The van der Waals surface area contributed by atoms with Crippen LogP contribution in [0.1, 0.15) is 45.1 Å². The molecule has 0 saturated heterocycles. The van der Waals surface area contributed by atoms with Crippen LogP contribution in [0, 0.1) is 5.82 Å². The van der Waals surface area contributed by atoms with Crippen LogP contribution < -0.4 is 5.73 Å². The Balaban J connectivity index is 2.04.